The maximum Gasteiger partial charge on any atom is 0.312 e. The molecule has 0 radical (unpaired) electrons. The van der Waals surface area contributed by atoms with E-state index in [4.69, 9.17) is 9.47 Å². The van der Waals surface area contributed by atoms with Crippen LogP contribution in [0.4, 0.5) is 5.69 Å². The molecule has 140 valence electrons. The van der Waals surface area contributed by atoms with Crippen LogP contribution in [-0.2, 0) is 20.7 Å². The number of rotatable bonds is 8. The minimum absolute atomic E-state index is 0.0324. The molecule has 1 aromatic carbocycles. The van der Waals surface area contributed by atoms with Crippen molar-refractivity contribution in [1.29, 1.82) is 0 Å². The largest absolute Gasteiger partial charge is 0.492 e. The molecule has 3 aromatic rings. The Morgan fingerprint density at radius 2 is 2.00 bits per heavy atom. The number of benzene rings is 1. The number of thiazole rings is 1. The second-order valence-corrected chi connectivity index (χ2v) is 7.24. The molecular weight excluding hydrogens is 384 g/mol. The molecule has 2 heterocycles. The highest BCUT2D eigenvalue weighted by Crippen LogP contribution is 2.28. The first-order valence-corrected chi connectivity index (χ1v) is 10.1. The number of anilines is 1. The fourth-order valence-corrected chi connectivity index (χ4v) is 3.92. The van der Waals surface area contributed by atoms with Crippen LogP contribution in [-0.4, -0.2) is 30.1 Å². The molecule has 0 atom stereocenters. The van der Waals surface area contributed by atoms with E-state index < -0.39 is 11.9 Å². The maximum absolute atomic E-state index is 12.0. The SMILES string of the molecule is CCOc1ccccc1NC(=O)COC(=O)Cc1csc(-c2cccs2)n1. The summed E-state index contributed by atoms with van der Waals surface area (Å²) in [6.45, 7) is 1.99. The van der Waals surface area contributed by atoms with Crippen LogP contribution in [0.3, 0.4) is 0 Å². The zero-order valence-corrected chi connectivity index (χ0v) is 16.3. The third-order valence-electron chi connectivity index (χ3n) is 3.43. The average molecular weight is 402 g/mol. The van der Waals surface area contributed by atoms with Crippen LogP contribution in [0.15, 0.2) is 47.2 Å². The molecule has 0 aliphatic carbocycles. The summed E-state index contributed by atoms with van der Waals surface area (Å²) in [6.07, 6.45) is 0.0324. The number of esters is 1. The molecule has 6 nitrogen and oxygen atoms in total. The Balaban J connectivity index is 1.48. The first-order valence-electron chi connectivity index (χ1n) is 8.31. The molecule has 1 N–H and O–H groups in total. The molecule has 0 saturated heterocycles. The zero-order chi connectivity index (χ0) is 19.1. The lowest BCUT2D eigenvalue weighted by Gasteiger charge is -2.11. The van der Waals surface area contributed by atoms with Crippen molar-refractivity contribution in [2.75, 3.05) is 18.5 Å². The van der Waals surface area contributed by atoms with Gasteiger partial charge in [-0.3, -0.25) is 9.59 Å². The summed E-state index contributed by atoms with van der Waals surface area (Å²) >= 11 is 3.08. The van der Waals surface area contributed by atoms with Crippen LogP contribution in [0.5, 0.6) is 5.75 Å². The van der Waals surface area contributed by atoms with Crippen molar-refractivity contribution in [3.8, 4) is 15.6 Å². The summed E-state index contributed by atoms with van der Waals surface area (Å²) < 4.78 is 10.5. The maximum atomic E-state index is 12.0. The number of amides is 1. The summed E-state index contributed by atoms with van der Waals surface area (Å²) in [7, 11) is 0. The van der Waals surface area contributed by atoms with Crippen molar-refractivity contribution in [3.05, 3.63) is 52.9 Å². The Kier molecular flexibility index (Phi) is 6.56. The Morgan fingerprint density at radius 1 is 1.15 bits per heavy atom. The summed E-state index contributed by atoms with van der Waals surface area (Å²) in [5.41, 5.74) is 1.18. The van der Waals surface area contributed by atoms with Crippen molar-refractivity contribution >= 4 is 40.2 Å². The molecule has 3 rings (SSSR count). The van der Waals surface area contributed by atoms with E-state index in [0.717, 1.165) is 9.88 Å². The van der Waals surface area contributed by atoms with Gasteiger partial charge in [0.05, 0.1) is 29.3 Å². The topological polar surface area (TPSA) is 77.5 Å². The highest BCUT2D eigenvalue weighted by Gasteiger charge is 2.13. The smallest absolute Gasteiger partial charge is 0.312 e. The zero-order valence-electron chi connectivity index (χ0n) is 14.6. The standard InChI is InChI=1S/C19H18N2O4S2/c1-2-24-15-7-4-3-6-14(15)21-17(22)11-25-18(23)10-13-12-27-19(20-13)16-8-5-9-26-16/h3-9,12H,2,10-11H2,1H3,(H,21,22). The number of nitrogens with one attached hydrogen (secondary N) is 1. The molecular formula is C19H18N2O4S2. The van der Waals surface area contributed by atoms with Crippen molar-refractivity contribution in [2.24, 2.45) is 0 Å². The summed E-state index contributed by atoms with van der Waals surface area (Å²) in [5.74, 6) is -0.345. The molecule has 0 fully saturated rings. The molecule has 27 heavy (non-hydrogen) atoms. The van der Waals surface area contributed by atoms with E-state index in [-0.39, 0.29) is 13.0 Å². The monoisotopic (exact) mass is 402 g/mol. The van der Waals surface area contributed by atoms with E-state index in [1.54, 1.807) is 29.5 Å². The quantitative estimate of drug-likeness (QED) is 0.577. The fraction of sp³-hybridized carbons (Fsp3) is 0.211. The number of para-hydroxylation sites is 2. The van der Waals surface area contributed by atoms with E-state index >= 15 is 0 Å². The van der Waals surface area contributed by atoms with Gasteiger partial charge in [-0.1, -0.05) is 18.2 Å². The van der Waals surface area contributed by atoms with Gasteiger partial charge in [0.2, 0.25) is 0 Å². The minimum atomic E-state index is -0.494. The van der Waals surface area contributed by atoms with Crippen LogP contribution >= 0.6 is 22.7 Å². The number of aromatic nitrogens is 1. The number of carbonyl (C=O) groups excluding carboxylic acids is 2. The molecule has 0 aliphatic rings. The third-order valence-corrected chi connectivity index (χ3v) is 5.36. The molecule has 0 bridgehead atoms. The number of carbonyl (C=O) groups is 2. The Hall–Kier alpha value is -2.71. The van der Waals surface area contributed by atoms with E-state index in [9.17, 15) is 9.59 Å². The van der Waals surface area contributed by atoms with Crippen LogP contribution < -0.4 is 10.1 Å². The lowest BCUT2D eigenvalue weighted by molar-refractivity contribution is -0.146. The van der Waals surface area contributed by atoms with Crippen LogP contribution in [0.2, 0.25) is 0 Å². The highest BCUT2D eigenvalue weighted by molar-refractivity contribution is 7.20. The van der Waals surface area contributed by atoms with Crippen molar-refractivity contribution in [3.63, 3.8) is 0 Å². The molecule has 0 aliphatic heterocycles. The summed E-state index contributed by atoms with van der Waals surface area (Å²) in [4.78, 5) is 29.5. The molecule has 0 spiro atoms. The fourth-order valence-electron chi connectivity index (χ4n) is 2.28. The molecule has 0 saturated carbocycles. The lowest BCUT2D eigenvalue weighted by atomic mass is 10.3. The van der Waals surface area contributed by atoms with E-state index in [1.807, 2.05) is 35.9 Å². The van der Waals surface area contributed by atoms with Crippen molar-refractivity contribution in [1.82, 2.24) is 4.98 Å². The van der Waals surface area contributed by atoms with E-state index in [2.05, 4.69) is 10.3 Å². The van der Waals surface area contributed by atoms with Crippen LogP contribution in [0.1, 0.15) is 12.6 Å². The Bertz CT molecular complexity index is 906. The Morgan fingerprint density at radius 3 is 2.78 bits per heavy atom. The molecule has 8 heteroatoms. The first-order chi connectivity index (χ1) is 13.2. The third kappa shape index (κ3) is 5.38. The van der Waals surface area contributed by atoms with Gasteiger partial charge in [-0.25, -0.2) is 4.98 Å². The van der Waals surface area contributed by atoms with Gasteiger partial charge in [0.1, 0.15) is 10.8 Å². The first kappa shape index (κ1) is 19.1. The van der Waals surface area contributed by atoms with Gasteiger partial charge in [-0.2, -0.15) is 0 Å². The molecule has 1 amide bonds. The number of hydrogen-bond acceptors (Lipinski definition) is 7. The second-order valence-electron chi connectivity index (χ2n) is 5.44. The summed E-state index contributed by atoms with van der Waals surface area (Å²) in [6, 6.07) is 11.0. The van der Waals surface area contributed by atoms with E-state index in [1.165, 1.54) is 11.3 Å². The van der Waals surface area contributed by atoms with Gasteiger partial charge in [0, 0.05) is 5.38 Å². The lowest BCUT2D eigenvalue weighted by Crippen LogP contribution is -2.22. The van der Waals surface area contributed by atoms with Gasteiger partial charge in [0.25, 0.3) is 5.91 Å². The average Bonchev–Trinajstić information content (AvgIpc) is 3.33. The number of ether oxygens (including phenoxy) is 2. The minimum Gasteiger partial charge on any atom is -0.492 e. The predicted octanol–water partition coefficient (Wildman–Crippen LogP) is 3.99. The van der Waals surface area contributed by atoms with Gasteiger partial charge >= 0.3 is 5.97 Å². The van der Waals surface area contributed by atoms with Gasteiger partial charge < -0.3 is 14.8 Å². The van der Waals surface area contributed by atoms with E-state index in [0.29, 0.717) is 23.7 Å². The summed E-state index contributed by atoms with van der Waals surface area (Å²) in [5, 5.41) is 7.36. The van der Waals surface area contributed by atoms with Gasteiger partial charge in [-0.05, 0) is 30.5 Å². The number of thiophene rings is 1. The Labute approximate surface area is 164 Å². The predicted molar refractivity (Wildman–Crippen MR) is 106 cm³/mol. The van der Waals surface area contributed by atoms with Crippen LogP contribution in [0, 0.1) is 0 Å². The molecule has 0 unspecified atom stereocenters. The van der Waals surface area contributed by atoms with Crippen LogP contribution in [0.25, 0.3) is 9.88 Å². The van der Waals surface area contributed by atoms with Gasteiger partial charge in [0.15, 0.2) is 6.61 Å². The van der Waals surface area contributed by atoms with Crippen molar-refractivity contribution in [2.45, 2.75) is 13.3 Å². The highest BCUT2D eigenvalue weighted by atomic mass is 32.1. The number of nitrogens with zero attached hydrogens (tertiary/aromatic N) is 1. The van der Waals surface area contributed by atoms with Gasteiger partial charge in [-0.15, -0.1) is 22.7 Å². The number of hydrogen-bond donors (Lipinski definition) is 1. The molecule has 2 aromatic heterocycles. The second kappa shape index (κ2) is 9.29. The van der Waals surface area contributed by atoms with Crippen molar-refractivity contribution < 1.29 is 19.1 Å². The normalized spacial score (nSPS) is 10.4.